The highest BCUT2D eigenvalue weighted by Gasteiger charge is 2.44. The van der Waals surface area contributed by atoms with Crippen LogP contribution in [0.2, 0.25) is 10.0 Å². The summed E-state index contributed by atoms with van der Waals surface area (Å²) >= 11 is 12.5. The number of amides is 1. The number of likely N-dealkylation sites (N-methyl/N-ethyl adjacent to an activating group) is 1. The van der Waals surface area contributed by atoms with Gasteiger partial charge >= 0.3 is 5.97 Å². The predicted molar refractivity (Wildman–Crippen MR) is 151 cm³/mol. The molecule has 4 rings (SSSR count). The number of hydrogen-bond donors (Lipinski definition) is 2. The molecule has 2 aromatic rings. The number of ether oxygens (including phenoxy) is 1. The smallest absolute Gasteiger partial charge is 0.328 e. The Balaban J connectivity index is 0.000000482. The topological polar surface area (TPSA) is 111 Å². The fourth-order valence-electron chi connectivity index (χ4n) is 5.41. The van der Waals surface area contributed by atoms with Gasteiger partial charge in [0.15, 0.2) is 0 Å². The van der Waals surface area contributed by atoms with E-state index in [-0.39, 0.29) is 17.4 Å². The van der Waals surface area contributed by atoms with Crippen molar-refractivity contribution in [3.05, 3.63) is 81.4 Å². The van der Waals surface area contributed by atoms with Crippen molar-refractivity contribution >= 4 is 41.0 Å². The van der Waals surface area contributed by atoms with Crippen LogP contribution in [-0.2, 0) is 31.3 Å². The maximum atomic E-state index is 12.2. The lowest BCUT2D eigenvalue weighted by Crippen LogP contribution is -3.13. The summed E-state index contributed by atoms with van der Waals surface area (Å²) in [5, 5.41) is 18.4. The summed E-state index contributed by atoms with van der Waals surface area (Å²) < 4.78 is 6.33. The van der Waals surface area contributed by atoms with Gasteiger partial charge < -0.3 is 29.5 Å². The lowest BCUT2D eigenvalue weighted by Gasteiger charge is -2.37. The molecule has 1 amide bonds. The third-order valence-corrected chi connectivity index (χ3v) is 8.36. The molecule has 0 saturated carbocycles. The van der Waals surface area contributed by atoms with Crippen LogP contribution in [-0.4, -0.2) is 61.1 Å². The first-order valence-corrected chi connectivity index (χ1v) is 14.2. The SMILES string of the molecule is CCC(=O)N(C)CC(CC[NH+]1CCC2(CC1)OCc1ccccc12)c1ccc(Cl)c(Cl)c1.O=C([O-])/C=C/C(=O)O. The fourth-order valence-corrected chi connectivity index (χ4v) is 5.71. The molecule has 2 aromatic carbocycles. The minimum absolute atomic E-state index is 0.0863. The number of carbonyl (C=O) groups excluding carboxylic acids is 2. The van der Waals surface area contributed by atoms with Crippen molar-refractivity contribution in [3.8, 4) is 0 Å². The van der Waals surface area contributed by atoms with E-state index < -0.39 is 11.9 Å². The second-order valence-electron chi connectivity index (χ2n) is 10.2. The van der Waals surface area contributed by atoms with Crippen molar-refractivity contribution in [1.29, 1.82) is 0 Å². The minimum Gasteiger partial charge on any atom is -0.545 e. The first-order valence-electron chi connectivity index (χ1n) is 13.4. The molecule has 0 radical (unpaired) electrons. The molecule has 0 bridgehead atoms. The Bertz CT molecular complexity index is 1210. The number of aliphatic carboxylic acids is 2. The molecule has 40 heavy (non-hydrogen) atoms. The third-order valence-electron chi connectivity index (χ3n) is 7.62. The number of nitrogens with zero attached hydrogens (tertiary/aromatic N) is 1. The van der Waals surface area contributed by atoms with E-state index in [0.717, 1.165) is 51.1 Å². The van der Waals surface area contributed by atoms with Gasteiger partial charge in [-0.25, -0.2) is 4.79 Å². The minimum atomic E-state index is -1.51. The maximum absolute atomic E-state index is 12.2. The Hall–Kier alpha value is -2.91. The lowest BCUT2D eigenvalue weighted by molar-refractivity contribution is -0.908. The zero-order chi connectivity index (χ0) is 29.3. The van der Waals surface area contributed by atoms with E-state index in [1.54, 1.807) is 4.90 Å². The molecular weight excluding hydrogens is 555 g/mol. The Kier molecular flexibility index (Phi) is 11.6. The molecule has 2 N–H and O–H groups in total. The molecule has 1 spiro atoms. The first kappa shape index (κ1) is 31.6. The number of carboxylic acids is 2. The van der Waals surface area contributed by atoms with Gasteiger partial charge in [0.25, 0.3) is 0 Å². The molecule has 2 aliphatic heterocycles. The number of carboxylic acid groups (broad SMARTS) is 2. The van der Waals surface area contributed by atoms with Crippen LogP contribution < -0.4 is 10.0 Å². The highest BCUT2D eigenvalue weighted by molar-refractivity contribution is 6.42. The molecule has 8 nitrogen and oxygen atoms in total. The largest absolute Gasteiger partial charge is 0.545 e. The Morgan fingerprint density at radius 2 is 1.82 bits per heavy atom. The summed E-state index contributed by atoms with van der Waals surface area (Å²) in [4.78, 5) is 34.6. The molecule has 216 valence electrons. The zero-order valence-electron chi connectivity index (χ0n) is 22.8. The molecule has 2 aliphatic rings. The van der Waals surface area contributed by atoms with E-state index in [4.69, 9.17) is 33.0 Å². The Labute approximate surface area is 245 Å². The Morgan fingerprint density at radius 1 is 1.12 bits per heavy atom. The van der Waals surface area contributed by atoms with Crippen LogP contribution in [0.5, 0.6) is 0 Å². The van der Waals surface area contributed by atoms with Crippen molar-refractivity contribution in [2.24, 2.45) is 0 Å². The number of likely N-dealkylation sites (tertiary alicyclic amines) is 1. The highest BCUT2D eigenvalue weighted by Crippen LogP contribution is 2.42. The van der Waals surface area contributed by atoms with E-state index in [2.05, 4.69) is 24.3 Å². The van der Waals surface area contributed by atoms with Gasteiger partial charge in [0.2, 0.25) is 5.91 Å². The lowest BCUT2D eigenvalue weighted by atomic mass is 9.83. The van der Waals surface area contributed by atoms with Gasteiger partial charge in [-0.2, -0.15) is 0 Å². The standard InChI is InChI=1S/C26H32Cl2N2O2.C4H4O4/c1-3-25(31)29(2)17-20(19-8-9-23(27)24(28)16-19)10-13-30-14-11-26(12-15-30)22-7-5-4-6-21(22)18-32-26;5-3(6)1-2-4(7)8/h4-9,16,20H,3,10-15,17-18H2,1-2H3;1-2H,(H,5,6)(H,7,8)/b;2-1+. The van der Waals surface area contributed by atoms with E-state index in [1.165, 1.54) is 11.1 Å². The average Bonchev–Trinajstić information content (AvgIpc) is 3.30. The predicted octanol–water partition coefficient (Wildman–Crippen LogP) is 2.82. The molecule has 10 heteroatoms. The van der Waals surface area contributed by atoms with Gasteiger partial charge in [0.1, 0.15) is 5.60 Å². The van der Waals surface area contributed by atoms with Crippen LogP contribution in [0.1, 0.15) is 55.2 Å². The van der Waals surface area contributed by atoms with Crippen molar-refractivity contribution in [2.45, 2.75) is 50.7 Å². The van der Waals surface area contributed by atoms with E-state index >= 15 is 0 Å². The first-order chi connectivity index (χ1) is 19.0. The number of quaternary nitrogens is 1. The number of benzene rings is 2. The van der Waals surface area contributed by atoms with E-state index in [1.807, 2.05) is 37.1 Å². The quantitative estimate of drug-likeness (QED) is 0.434. The van der Waals surface area contributed by atoms with Crippen molar-refractivity contribution in [1.82, 2.24) is 4.90 Å². The summed E-state index contributed by atoms with van der Waals surface area (Å²) in [6, 6.07) is 14.5. The van der Waals surface area contributed by atoms with Crippen LogP contribution in [0.25, 0.3) is 0 Å². The molecule has 0 aromatic heterocycles. The number of carbonyl (C=O) groups is 3. The number of piperidine rings is 1. The fraction of sp³-hybridized carbons (Fsp3) is 0.433. The summed E-state index contributed by atoms with van der Waals surface area (Å²) in [6.07, 6.45) is 4.58. The molecule has 1 saturated heterocycles. The molecule has 1 fully saturated rings. The number of nitrogens with one attached hydrogen (secondary N) is 1. The highest BCUT2D eigenvalue weighted by atomic mass is 35.5. The second-order valence-corrected chi connectivity index (χ2v) is 11.0. The number of halogens is 2. The number of fused-ring (bicyclic) bond motifs is 2. The summed E-state index contributed by atoms with van der Waals surface area (Å²) in [5.74, 6) is -2.40. The van der Waals surface area contributed by atoms with Gasteiger partial charge in [-0.15, -0.1) is 0 Å². The van der Waals surface area contributed by atoms with Crippen LogP contribution in [0, 0.1) is 0 Å². The number of rotatable bonds is 9. The van der Waals surface area contributed by atoms with Gasteiger partial charge in [0.05, 0.1) is 42.3 Å². The molecule has 2 heterocycles. The Morgan fingerprint density at radius 3 is 2.42 bits per heavy atom. The summed E-state index contributed by atoms with van der Waals surface area (Å²) in [7, 11) is 1.89. The van der Waals surface area contributed by atoms with Gasteiger partial charge in [-0.3, -0.25) is 4.79 Å². The summed E-state index contributed by atoms with van der Waals surface area (Å²) in [6.45, 7) is 6.61. The molecule has 1 atom stereocenters. The van der Waals surface area contributed by atoms with Gasteiger partial charge in [-0.05, 0) is 34.9 Å². The molecular formula is C30H36Cl2N2O6. The number of hydrogen-bond acceptors (Lipinski definition) is 5. The van der Waals surface area contributed by atoms with Crippen LogP contribution in [0.3, 0.4) is 0 Å². The maximum Gasteiger partial charge on any atom is 0.328 e. The van der Waals surface area contributed by atoms with E-state index in [0.29, 0.717) is 35.2 Å². The van der Waals surface area contributed by atoms with Gasteiger partial charge in [-0.1, -0.05) is 60.5 Å². The van der Waals surface area contributed by atoms with Crippen LogP contribution in [0.4, 0.5) is 0 Å². The van der Waals surface area contributed by atoms with Crippen molar-refractivity contribution in [3.63, 3.8) is 0 Å². The zero-order valence-corrected chi connectivity index (χ0v) is 24.3. The molecule has 1 unspecified atom stereocenters. The molecule has 0 aliphatic carbocycles. The van der Waals surface area contributed by atoms with Crippen LogP contribution in [0.15, 0.2) is 54.6 Å². The second kappa shape index (κ2) is 14.6. The van der Waals surface area contributed by atoms with E-state index in [9.17, 15) is 19.5 Å². The summed E-state index contributed by atoms with van der Waals surface area (Å²) in [5.41, 5.74) is 3.81. The average molecular weight is 592 g/mol. The van der Waals surface area contributed by atoms with Gasteiger partial charge in [0, 0.05) is 51.3 Å². The third kappa shape index (κ3) is 8.54. The normalized spacial score (nSPS) is 20.4. The monoisotopic (exact) mass is 590 g/mol. The van der Waals surface area contributed by atoms with Crippen molar-refractivity contribution < 1.29 is 34.2 Å². The van der Waals surface area contributed by atoms with Crippen molar-refractivity contribution in [2.75, 3.05) is 33.2 Å². The van der Waals surface area contributed by atoms with Crippen LogP contribution >= 0.6 is 23.2 Å².